The molecule has 1 amide bonds. The van der Waals surface area contributed by atoms with Crippen molar-refractivity contribution in [2.45, 2.75) is 18.2 Å². The molecule has 27 heavy (non-hydrogen) atoms. The van der Waals surface area contributed by atoms with Gasteiger partial charge in [-0.25, -0.2) is 18.1 Å². The Morgan fingerprint density at radius 1 is 1.30 bits per heavy atom. The fourth-order valence-corrected chi connectivity index (χ4v) is 4.21. The van der Waals surface area contributed by atoms with Crippen LogP contribution >= 0.6 is 11.3 Å². The van der Waals surface area contributed by atoms with Crippen LogP contribution in [0.25, 0.3) is 0 Å². The van der Waals surface area contributed by atoms with Crippen LogP contribution in [0.3, 0.4) is 0 Å². The number of hydrogen-bond donors (Lipinski definition) is 3. The van der Waals surface area contributed by atoms with E-state index >= 15 is 0 Å². The van der Waals surface area contributed by atoms with Crippen molar-refractivity contribution in [1.29, 1.82) is 0 Å². The van der Waals surface area contributed by atoms with Gasteiger partial charge in [-0.1, -0.05) is 6.07 Å². The molecule has 0 radical (unpaired) electrons. The monoisotopic (exact) mass is 407 g/mol. The minimum atomic E-state index is -3.74. The molecule has 3 rings (SSSR count). The molecule has 1 aliphatic rings. The molecule has 0 saturated carbocycles. The molecule has 1 aromatic heterocycles. The van der Waals surface area contributed by atoms with Crippen molar-refractivity contribution < 1.29 is 13.2 Å². The predicted molar refractivity (Wildman–Crippen MR) is 106 cm³/mol. The highest BCUT2D eigenvalue weighted by Crippen LogP contribution is 2.14. The van der Waals surface area contributed by atoms with Crippen LogP contribution in [0.5, 0.6) is 0 Å². The molecule has 0 atom stereocenters. The van der Waals surface area contributed by atoms with E-state index in [1.807, 2.05) is 6.07 Å². The van der Waals surface area contributed by atoms with E-state index in [4.69, 9.17) is 0 Å². The van der Waals surface area contributed by atoms with Gasteiger partial charge in [-0.2, -0.15) is 0 Å². The average Bonchev–Trinajstić information content (AvgIpc) is 3.14. The minimum Gasteiger partial charge on any atom is -0.343 e. The molecule has 3 N–H and O–H groups in total. The quantitative estimate of drug-likeness (QED) is 0.672. The highest BCUT2D eigenvalue weighted by atomic mass is 32.2. The molecule has 0 unspecified atom stereocenters. The number of rotatable bonds is 6. The molecule has 10 heteroatoms. The van der Waals surface area contributed by atoms with Crippen molar-refractivity contribution in [3.63, 3.8) is 0 Å². The van der Waals surface area contributed by atoms with E-state index in [0.717, 1.165) is 13.0 Å². The number of hydrogen-bond acceptors (Lipinski definition) is 7. The zero-order valence-corrected chi connectivity index (χ0v) is 16.4. The number of thiophene rings is 1. The zero-order valence-electron chi connectivity index (χ0n) is 14.8. The van der Waals surface area contributed by atoms with Crippen LogP contribution in [0.2, 0.25) is 0 Å². The van der Waals surface area contributed by atoms with Crippen LogP contribution in [0, 0.1) is 0 Å². The number of guanidine groups is 1. The normalized spacial score (nSPS) is 14.9. The zero-order chi connectivity index (χ0) is 19.3. The lowest BCUT2D eigenvalue weighted by atomic mass is 10.3. The van der Waals surface area contributed by atoms with Gasteiger partial charge < -0.3 is 10.6 Å². The topological polar surface area (TPSA) is 103 Å². The summed E-state index contributed by atoms with van der Waals surface area (Å²) in [4.78, 5) is 18.8. The summed E-state index contributed by atoms with van der Waals surface area (Å²) >= 11 is 1.72. The number of carbonyl (C=O) groups excluding carboxylic acids is 1. The van der Waals surface area contributed by atoms with Crippen molar-refractivity contribution in [3.05, 3.63) is 46.7 Å². The third-order valence-corrected chi connectivity index (χ3v) is 6.16. The lowest BCUT2D eigenvalue weighted by Crippen LogP contribution is -2.50. The first kappa shape index (κ1) is 19.3. The fourth-order valence-electron chi connectivity index (χ4n) is 2.51. The van der Waals surface area contributed by atoms with Gasteiger partial charge in [0.2, 0.25) is 11.9 Å². The number of nitrogens with one attached hydrogen (secondary N) is 3. The lowest BCUT2D eigenvalue weighted by Gasteiger charge is -2.26. The van der Waals surface area contributed by atoms with E-state index in [2.05, 4.69) is 36.7 Å². The minimum absolute atomic E-state index is 0.0984. The highest BCUT2D eigenvalue weighted by Gasteiger charge is 2.19. The van der Waals surface area contributed by atoms with E-state index in [1.165, 1.54) is 23.9 Å². The van der Waals surface area contributed by atoms with Crippen molar-refractivity contribution in [2.24, 2.45) is 4.99 Å². The molecule has 144 valence electrons. The Morgan fingerprint density at radius 2 is 2.07 bits per heavy atom. The Bertz CT molecular complexity index is 909. The second-order valence-electron chi connectivity index (χ2n) is 6.02. The van der Waals surface area contributed by atoms with Gasteiger partial charge in [0, 0.05) is 24.0 Å². The first-order valence-electron chi connectivity index (χ1n) is 8.36. The van der Waals surface area contributed by atoms with Crippen molar-refractivity contribution >= 4 is 38.9 Å². The Morgan fingerprint density at radius 3 is 2.67 bits per heavy atom. The highest BCUT2D eigenvalue weighted by molar-refractivity contribution is 7.90. The molecule has 2 heterocycles. The van der Waals surface area contributed by atoms with E-state index in [1.54, 1.807) is 23.5 Å². The van der Waals surface area contributed by atoms with E-state index in [9.17, 15) is 13.2 Å². The second-order valence-corrected chi connectivity index (χ2v) is 8.73. The van der Waals surface area contributed by atoms with Crippen LogP contribution in [0.15, 0.2) is 51.7 Å². The van der Waals surface area contributed by atoms with Gasteiger partial charge in [0.1, 0.15) is 0 Å². The SMILES string of the molecule is CC(=O)Nc1ccc(S(=O)(=O)NC2=NCN(CCc3cccs3)CN2)cc1. The lowest BCUT2D eigenvalue weighted by molar-refractivity contribution is -0.114. The Labute approximate surface area is 162 Å². The van der Waals surface area contributed by atoms with Crippen LogP contribution in [-0.2, 0) is 21.2 Å². The summed E-state index contributed by atoms with van der Waals surface area (Å²) in [5, 5.41) is 7.64. The molecule has 0 fully saturated rings. The number of aliphatic imine (C=N–C) groups is 1. The summed E-state index contributed by atoms with van der Waals surface area (Å²) in [5.74, 6) is 0.0152. The fraction of sp³-hybridized carbons (Fsp3) is 0.294. The summed E-state index contributed by atoms with van der Waals surface area (Å²) in [6, 6.07) is 10.1. The summed E-state index contributed by atoms with van der Waals surface area (Å²) in [7, 11) is -3.74. The maximum Gasteiger partial charge on any atom is 0.264 e. The Balaban J connectivity index is 1.55. The maximum absolute atomic E-state index is 12.5. The van der Waals surface area contributed by atoms with E-state index in [-0.39, 0.29) is 16.8 Å². The third kappa shape index (κ3) is 5.52. The Kier molecular flexibility index (Phi) is 6.09. The summed E-state index contributed by atoms with van der Waals surface area (Å²) in [5.41, 5.74) is 0.538. The Hall–Kier alpha value is -2.43. The molecule has 1 aromatic carbocycles. The third-order valence-electron chi connectivity index (χ3n) is 3.87. The van der Waals surface area contributed by atoms with Gasteiger partial charge in [0.05, 0.1) is 18.2 Å². The number of benzene rings is 1. The number of anilines is 1. The smallest absolute Gasteiger partial charge is 0.264 e. The predicted octanol–water partition coefficient (Wildman–Crippen LogP) is 1.40. The summed E-state index contributed by atoms with van der Waals surface area (Å²) in [6.07, 6.45) is 0.941. The van der Waals surface area contributed by atoms with E-state index < -0.39 is 10.0 Å². The molecule has 8 nitrogen and oxygen atoms in total. The number of nitrogens with zero attached hydrogens (tertiary/aromatic N) is 2. The van der Waals surface area contributed by atoms with Gasteiger partial charge in [-0.15, -0.1) is 11.3 Å². The second kappa shape index (κ2) is 8.51. The van der Waals surface area contributed by atoms with Crippen molar-refractivity contribution in [2.75, 3.05) is 25.2 Å². The molecule has 2 aromatic rings. The first-order valence-corrected chi connectivity index (χ1v) is 10.7. The first-order chi connectivity index (χ1) is 12.9. The molecular formula is C17H21N5O3S2. The van der Waals surface area contributed by atoms with Gasteiger partial charge >= 0.3 is 0 Å². The number of carbonyl (C=O) groups is 1. The summed E-state index contributed by atoms with van der Waals surface area (Å²) in [6.45, 7) is 3.19. The standard InChI is InChI=1S/C17H21N5O3S2/c1-13(23)20-14-4-6-16(7-5-14)27(24,25)21-17-18-11-22(12-19-17)9-8-15-3-2-10-26-15/h2-7,10H,8-9,11-12H2,1H3,(H,20,23)(H2,18,19,21). The number of amides is 1. The van der Waals surface area contributed by atoms with E-state index in [0.29, 0.717) is 19.0 Å². The molecule has 0 saturated heterocycles. The summed E-state index contributed by atoms with van der Waals surface area (Å²) < 4.78 is 27.4. The van der Waals surface area contributed by atoms with Crippen LogP contribution < -0.4 is 15.4 Å². The molecular weight excluding hydrogens is 386 g/mol. The number of sulfonamides is 1. The molecule has 0 aliphatic carbocycles. The average molecular weight is 408 g/mol. The van der Waals surface area contributed by atoms with Gasteiger partial charge in [-0.3, -0.25) is 9.69 Å². The van der Waals surface area contributed by atoms with Gasteiger partial charge in [0.15, 0.2) is 0 Å². The molecule has 1 aliphatic heterocycles. The van der Waals surface area contributed by atoms with Gasteiger partial charge in [0.25, 0.3) is 10.0 Å². The maximum atomic E-state index is 12.5. The van der Waals surface area contributed by atoms with Gasteiger partial charge in [-0.05, 0) is 42.1 Å². The van der Waals surface area contributed by atoms with Crippen molar-refractivity contribution in [3.8, 4) is 0 Å². The van der Waals surface area contributed by atoms with Crippen LogP contribution in [0.1, 0.15) is 11.8 Å². The molecule has 0 spiro atoms. The van der Waals surface area contributed by atoms with Crippen LogP contribution in [-0.4, -0.2) is 45.1 Å². The van der Waals surface area contributed by atoms with Crippen LogP contribution in [0.4, 0.5) is 5.69 Å². The molecule has 0 bridgehead atoms. The largest absolute Gasteiger partial charge is 0.343 e. The van der Waals surface area contributed by atoms with Crippen molar-refractivity contribution in [1.82, 2.24) is 14.9 Å².